The van der Waals surface area contributed by atoms with E-state index >= 15 is 0 Å². The second-order valence-electron chi connectivity index (χ2n) is 6.83. The molecule has 1 atom stereocenters. The Morgan fingerprint density at radius 3 is 2.58 bits per heavy atom. The summed E-state index contributed by atoms with van der Waals surface area (Å²) < 4.78 is 46.3. The number of nitrogens with zero attached hydrogens (tertiary/aromatic N) is 1. The third kappa shape index (κ3) is 5.79. The summed E-state index contributed by atoms with van der Waals surface area (Å²) in [6.45, 7) is 3.86. The number of sulfonamides is 1. The lowest BCUT2D eigenvalue weighted by atomic mass is 10.2. The van der Waals surface area contributed by atoms with E-state index in [4.69, 9.17) is 4.74 Å². The van der Waals surface area contributed by atoms with Gasteiger partial charge in [-0.05, 0) is 61.9 Å². The van der Waals surface area contributed by atoms with E-state index in [0.29, 0.717) is 0 Å². The highest BCUT2D eigenvalue weighted by molar-refractivity contribution is 7.92. The number of carbonyl (C=O) groups is 1. The summed E-state index contributed by atoms with van der Waals surface area (Å²) >= 11 is 0. The highest BCUT2D eigenvalue weighted by Gasteiger charge is 2.17. The molecule has 2 aromatic carbocycles. The van der Waals surface area contributed by atoms with Crippen LogP contribution in [0.25, 0.3) is 0 Å². The van der Waals surface area contributed by atoms with Crippen molar-refractivity contribution in [2.75, 3.05) is 4.72 Å². The molecule has 1 heterocycles. The molecule has 7 nitrogen and oxygen atoms in total. The molecule has 0 aliphatic heterocycles. The highest BCUT2D eigenvalue weighted by atomic mass is 32.2. The fourth-order valence-electron chi connectivity index (χ4n) is 2.61. The van der Waals surface area contributed by atoms with E-state index in [-0.39, 0.29) is 39.7 Å². The lowest BCUT2D eigenvalue weighted by molar-refractivity contribution is 0.0936. The van der Waals surface area contributed by atoms with Gasteiger partial charge in [-0.3, -0.25) is 9.52 Å². The maximum atomic E-state index is 13.1. The topological polar surface area (TPSA) is 97.4 Å². The van der Waals surface area contributed by atoms with Gasteiger partial charge in [0.2, 0.25) is 5.88 Å². The first kappa shape index (κ1) is 22.2. The van der Waals surface area contributed by atoms with Crippen LogP contribution in [0.4, 0.5) is 10.1 Å². The molecule has 3 rings (SSSR count). The van der Waals surface area contributed by atoms with Crippen molar-refractivity contribution in [3.8, 4) is 11.6 Å². The zero-order valence-corrected chi connectivity index (χ0v) is 17.8. The molecule has 0 saturated carbocycles. The van der Waals surface area contributed by atoms with Crippen LogP contribution in [-0.4, -0.2) is 25.4 Å². The smallest absolute Gasteiger partial charge is 0.261 e. The Bertz CT molecular complexity index is 1170. The summed E-state index contributed by atoms with van der Waals surface area (Å²) in [5.74, 6) is -0.457. The molecule has 0 radical (unpaired) electrons. The van der Waals surface area contributed by atoms with E-state index < -0.39 is 15.8 Å². The molecule has 9 heteroatoms. The summed E-state index contributed by atoms with van der Waals surface area (Å²) in [6.07, 6.45) is 2.27. The Hall–Kier alpha value is -3.46. The Morgan fingerprint density at radius 1 is 1.13 bits per heavy atom. The SMILES string of the molecule is CCC(C)NC(=O)c1cccnc1Oc1cccc(NS(=O)(=O)c2ccc(F)cc2)c1. The summed E-state index contributed by atoms with van der Waals surface area (Å²) in [5.41, 5.74) is 0.503. The van der Waals surface area contributed by atoms with Gasteiger partial charge in [0.25, 0.3) is 15.9 Å². The minimum atomic E-state index is -3.91. The van der Waals surface area contributed by atoms with Gasteiger partial charge in [-0.1, -0.05) is 13.0 Å². The number of hydrogen-bond acceptors (Lipinski definition) is 5. The van der Waals surface area contributed by atoms with E-state index in [1.54, 1.807) is 30.3 Å². The number of rotatable bonds is 8. The van der Waals surface area contributed by atoms with Crippen molar-refractivity contribution < 1.29 is 22.3 Å². The minimum absolute atomic E-state index is 0.00949. The Labute approximate surface area is 180 Å². The van der Waals surface area contributed by atoms with Crippen LogP contribution in [0.2, 0.25) is 0 Å². The van der Waals surface area contributed by atoms with Crippen molar-refractivity contribution in [3.05, 3.63) is 78.2 Å². The second kappa shape index (κ2) is 9.57. The number of carbonyl (C=O) groups excluding carboxylic acids is 1. The number of anilines is 1. The highest BCUT2D eigenvalue weighted by Crippen LogP contribution is 2.26. The van der Waals surface area contributed by atoms with Gasteiger partial charge >= 0.3 is 0 Å². The van der Waals surface area contributed by atoms with Crippen molar-refractivity contribution in [3.63, 3.8) is 0 Å². The third-order valence-corrected chi connectivity index (χ3v) is 5.83. The predicted molar refractivity (Wildman–Crippen MR) is 115 cm³/mol. The number of hydrogen-bond donors (Lipinski definition) is 2. The van der Waals surface area contributed by atoms with Crippen LogP contribution in [0.1, 0.15) is 30.6 Å². The molecule has 2 N–H and O–H groups in total. The molecule has 0 aliphatic carbocycles. The van der Waals surface area contributed by atoms with Crippen LogP contribution in [0, 0.1) is 5.82 Å². The summed E-state index contributed by atoms with van der Waals surface area (Å²) in [4.78, 5) is 16.6. The fraction of sp³-hybridized carbons (Fsp3) is 0.182. The van der Waals surface area contributed by atoms with Gasteiger partial charge in [0.05, 0.1) is 10.6 Å². The van der Waals surface area contributed by atoms with Crippen LogP contribution < -0.4 is 14.8 Å². The average Bonchev–Trinajstić information content (AvgIpc) is 2.74. The normalized spacial score (nSPS) is 12.1. The predicted octanol–water partition coefficient (Wildman–Crippen LogP) is 4.34. The van der Waals surface area contributed by atoms with E-state index in [0.717, 1.165) is 18.6 Å². The molecule has 3 aromatic rings. The van der Waals surface area contributed by atoms with Crippen molar-refractivity contribution in [1.82, 2.24) is 10.3 Å². The van der Waals surface area contributed by atoms with E-state index in [1.807, 2.05) is 13.8 Å². The summed E-state index contributed by atoms with van der Waals surface area (Å²) in [5, 5.41) is 2.86. The molecule has 0 saturated heterocycles. The molecule has 0 fully saturated rings. The van der Waals surface area contributed by atoms with Gasteiger partial charge in [0.1, 0.15) is 17.1 Å². The van der Waals surface area contributed by atoms with Gasteiger partial charge in [0, 0.05) is 18.3 Å². The maximum absolute atomic E-state index is 13.1. The molecular formula is C22H22FN3O4S. The van der Waals surface area contributed by atoms with Gasteiger partial charge in [-0.15, -0.1) is 0 Å². The number of nitrogens with one attached hydrogen (secondary N) is 2. The Kier molecular flexibility index (Phi) is 6.86. The standard InChI is InChI=1S/C22H22FN3O4S/c1-3-15(2)25-21(27)20-8-5-13-24-22(20)30-18-7-4-6-17(14-18)26-31(28,29)19-11-9-16(23)10-12-19/h4-15,26H,3H2,1-2H3,(H,25,27). The fourth-order valence-corrected chi connectivity index (χ4v) is 3.66. The van der Waals surface area contributed by atoms with Crippen LogP contribution >= 0.6 is 0 Å². The van der Waals surface area contributed by atoms with Crippen LogP contribution in [-0.2, 0) is 10.0 Å². The number of pyridine rings is 1. The first-order chi connectivity index (χ1) is 14.8. The zero-order valence-electron chi connectivity index (χ0n) is 17.0. The lowest BCUT2D eigenvalue weighted by Crippen LogP contribution is -2.32. The molecule has 1 amide bonds. The zero-order chi connectivity index (χ0) is 22.4. The van der Waals surface area contributed by atoms with Gasteiger partial charge in [-0.2, -0.15) is 0 Å². The Balaban J connectivity index is 1.80. The third-order valence-electron chi connectivity index (χ3n) is 4.43. The van der Waals surface area contributed by atoms with Crippen molar-refractivity contribution in [2.24, 2.45) is 0 Å². The van der Waals surface area contributed by atoms with Gasteiger partial charge < -0.3 is 10.1 Å². The van der Waals surface area contributed by atoms with E-state index in [1.165, 1.54) is 24.4 Å². The molecule has 31 heavy (non-hydrogen) atoms. The number of ether oxygens (including phenoxy) is 1. The number of benzene rings is 2. The van der Waals surface area contributed by atoms with Crippen molar-refractivity contribution in [1.29, 1.82) is 0 Å². The van der Waals surface area contributed by atoms with Crippen LogP contribution in [0.3, 0.4) is 0 Å². The van der Waals surface area contributed by atoms with Gasteiger partial charge in [0.15, 0.2) is 0 Å². The molecule has 0 spiro atoms. The lowest BCUT2D eigenvalue weighted by Gasteiger charge is -2.14. The number of aromatic nitrogens is 1. The van der Waals surface area contributed by atoms with Crippen LogP contribution in [0.5, 0.6) is 11.6 Å². The first-order valence-corrected chi connectivity index (χ1v) is 11.1. The Morgan fingerprint density at radius 2 is 1.87 bits per heavy atom. The van der Waals surface area contributed by atoms with Gasteiger partial charge in [-0.25, -0.2) is 17.8 Å². The first-order valence-electron chi connectivity index (χ1n) is 9.60. The maximum Gasteiger partial charge on any atom is 0.261 e. The molecule has 1 unspecified atom stereocenters. The second-order valence-corrected chi connectivity index (χ2v) is 8.51. The average molecular weight is 444 g/mol. The quantitative estimate of drug-likeness (QED) is 0.540. The monoisotopic (exact) mass is 443 g/mol. The van der Waals surface area contributed by atoms with Crippen LogP contribution in [0.15, 0.2) is 71.8 Å². The van der Waals surface area contributed by atoms with E-state index in [9.17, 15) is 17.6 Å². The number of halogens is 1. The number of amides is 1. The largest absolute Gasteiger partial charge is 0.438 e. The summed E-state index contributed by atoms with van der Waals surface area (Å²) in [6, 6.07) is 13.9. The molecule has 0 aliphatic rings. The minimum Gasteiger partial charge on any atom is -0.438 e. The molecule has 1 aromatic heterocycles. The van der Waals surface area contributed by atoms with E-state index in [2.05, 4.69) is 15.0 Å². The van der Waals surface area contributed by atoms with Crippen molar-refractivity contribution >= 4 is 21.6 Å². The van der Waals surface area contributed by atoms with Crippen molar-refractivity contribution in [2.45, 2.75) is 31.2 Å². The summed E-state index contributed by atoms with van der Waals surface area (Å²) in [7, 11) is -3.91. The molecular weight excluding hydrogens is 421 g/mol. The molecule has 0 bridgehead atoms. The molecule has 162 valence electrons.